The van der Waals surface area contributed by atoms with Gasteiger partial charge >= 0.3 is 0 Å². The summed E-state index contributed by atoms with van der Waals surface area (Å²) in [5.74, 6) is 1.82. The fourth-order valence-electron chi connectivity index (χ4n) is 6.40. The van der Waals surface area contributed by atoms with Crippen LogP contribution in [0.3, 0.4) is 0 Å². The van der Waals surface area contributed by atoms with E-state index in [1.165, 1.54) is 51.4 Å². The molecule has 0 radical (unpaired) electrons. The standard InChI is InChI=1S/C30H40F2O/c1-3-5-6-7-21-8-10-22(11-9-21)23-12-14-24(15-13-23)27-19-25-16-17-26(33-18-4-2)20-28(25)30(32)29(27)31/h4,16-17,19-24H,2-3,5-15,18H2,1H3. The number of hydrogen-bond acceptors (Lipinski definition) is 1. The molecule has 0 aromatic heterocycles. The van der Waals surface area contributed by atoms with E-state index in [2.05, 4.69) is 13.5 Å². The number of unbranched alkanes of at least 4 members (excludes halogenated alkanes) is 2. The van der Waals surface area contributed by atoms with Crippen molar-refractivity contribution < 1.29 is 13.5 Å². The second-order valence-corrected chi connectivity index (χ2v) is 10.5. The first-order valence-electron chi connectivity index (χ1n) is 13.3. The Bertz CT molecular complexity index is 921. The van der Waals surface area contributed by atoms with E-state index >= 15 is 4.39 Å². The maximum atomic E-state index is 15.1. The second-order valence-electron chi connectivity index (χ2n) is 10.5. The van der Waals surface area contributed by atoms with E-state index in [0.29, 0.717) is 23.3 Å². The summed E-state index contributed by atoms with van der Waals surface area (Å²) in [7, 11) is 0. The second kappa shape index (κ2) is 11.5. The lowest BCUT2D eigenvalue weighted by atomic mass is 9.68. The topological polar surface area (TPSA) is 9.23 Å². The first-order valence-corrected chi connectivity index (χ1v) is 13.3. The number of ether oxygens (including phenoxy) is 1. The fraction of sp³-hybridized carbons (Fsp3) is 0.600. The molecule has 2 saturated carbocycles. The highest BCUT2D eigenvalue weighted by Crippen LogP contribution is 2.45. The Morgan fingerprint density at radius 2 is 1.61 bits per heavy atom. The zero-order valence-corrected chi connectivity index (χ0v) is 20.3. The van der Waals surface area contributed by atoms with Crippen LogP contribution in [0.15, 0.2) is 36.9 Å². The molecule has 1 nitrogen and oxygen atoms in total. The number of benzene rings is 2. The van der Waals surface area contributed by atoms with Gasteiger partial charge in [-0.2, -0.15) is 0 Å². The molecule has 0 heterocycles. The van der Waals surface area contributed by atoms with Crippen molar-refractivity contribution in [3.63, 3.8) is 0 Å². The Balaban J connectivity index is 1.36. The molecule has 0 N–H and O–H groups in total. The molecule has 0 atom stereocenters. The monoisotopic (exact) mass is 454 g/mol. The minimum atomic E-state index is -0.741. The van der Waals surface area contributed by atoms with Gasteiger partial charge in [-0.1, -0.05) is 64.2 Å². The molecule has 2 fully saturated rings. The summed E-state index contributed by atoms with van der Waals surface area (Å²) in [6.45, 7) is 6.25. The number of fused-ring (bicyclic) bond motifs is 1. The van der Waals surface area contributed by atoms with Crippen LogP contribution in [0, 0.1) is 29.4 Å². The van der Waals surface area contributed by atoms with Crippen LogP contribution >= 0.6 is 0 Å². The van der Waals surface area contributed by atoms with Gasteiger partial charge in [0.2, 0.25) is 0 Å². The van der Waals surface area contributed by atoms with Gasteiger partial charge in [0.05, 0.1) is 0 Å². The molecule has 0 saturated heterocycles. The molecule has 0 unspecified atom stereocenters. The Kier molecular flexibility index (Phi) is 8.44. The molecule has 2 aliphatic rings. The normalized spacial score (nSPS) is 25.8. The molecule has 0 aliphatic heterocycles. The Labute approximate surface area is 198 Å². The average molecular weight is 455 g/mol. The van der Waals surface area contributed by atoms with Crippen molar-refractivity contribution in [3.8, 4) is 5.75 Å². The Morgan fingerprint density at radius 3 is 2.27 bits per heavy atom. The van der Waals surface area contributed by atoms with Crippen LogP contribution in [0.5, 0.6) is 5.75 Å². The summed E-state index contributed by atoms with van der Waals surface area (Å²) in [4.78, 5) is 0. The third kappa shape index (κ3) is 5.78. The van der Waals surface area contributed by atoms with Gasteiger partial charge in [-0.3, -0.25) is 0 Å². The van der Waals surface area contributed by atoms with Crippen LogP contribution in [0.25, 0.3) is 10.8 Å². The summed E-state index contributed by atoms with van der Waals surface area (Å²) >= 11 is 0. The van der Waals surface area contributed by atoms with E-state index in [1.54, 1.807) is 12.1 Å². The van der Waals surface area contributed by atoms with Crippen LogP contribution in [0.2, 0.25) is 0 Å². The van der Waals surface area contributed by atoms with E-state index in [4.69, 9.17) is 4.74 Å². The van der Waals surface area contributed by atoms with Gasteiger partial charge < -0.3 is 4.74 Å². The lowest BCUT2D eigenvalue weighted by Crippen LogP contribution is -2.25. The van der Waals surface area contributed by atoms with Gasteiger partial charge in [0.25, 0.3) is 0 Å². The lowest BCUT2D eigenvalue weighted by molar-refractivity contribution is 0.155. The van der Waals surface area contributed by atoms with E-state index in [0.717, 1.165) is 48.8 Å². The van der Waals surface area contributed by atoms with Crippen LogP contribution in [-0.4, -0.2) is 6.61 Å². The van der Waals surface area contributed by atoms with Gasteiger partial charge in [-0.15, -0.1) is 0 Å². The average Bonchev–Trinajstić information content (AvgIpc) is 2.86. The van der Waals surface area contributed by atoms with E-state index in [9.17, 15) is 4.39 Å². The smallest absolute Gasteiger partial charge is 0.167 e. The van der Waals surface area contributed by atoms with Crippen molar-refractivity contribution in [2.45, 2.75) is 89.9 Å². The van der Waals surface area contributed by atoms with Crippen LogP contribution in [0.1, 0.15) is 95.5 Å². The molecule has 4 rings (SSSR count). The van der Waals surface area contributed by atoms with Gasteiger partial charge in [-0.05, 0) is 91.3 Å². The number of rotatable bonds is 9. The van der Waals surface area contributed by atoms with Crippen molar-refractivity contribution in [3.05, 3.63) is 54.1 Å². The number of hydrogen-bond donors (Lipinski definition) is 0. The minimum absolute atomic E-state index is 0.127. The molecule has 2 aromatic rings. The summed E-state index contributed by atoms with van der Waals surface area (Å²) in [6, 6.07) is 7.13. The molecule has 2 aromatic carbocycles. The van der Waals surface area contributed by atoms with Crippen molar-refractivity contribution >= 4 is 10.8 Å². The van der Waals surface area contributed by atoms with Gasteiger partial charge in [0.15, 0.2) is 11.6 Å². The van der Waals surface area contributed by atoms with Crippen LogP contribution in [0.4, 0.5) is 8.78 Å². The maximum Gasteiger partial charge on any atom is 0.167 e. The predicted molar refractivity (Wildman–Crippen MR) is 134 cm³/mol. The quantitative estimate of drug-likeness (QED) is 0.271. The summed E-state index contributed by atoms with van der Waals surface area (Å²) in [6.07, 6.45) is 17.0. The molecule has 0 bridgehead atoms. The third-order valence-corrected chi connectivity index (χ3v) is 8.37. The lowest BCUT2D eigenvalue weighted by Gasteiger charge is -2.38. The summed E-state index contributed by atoms with van der Waals surface area (Å²) < 4.78 is 35.6. The largest absolute Gasteiger partial charge is 0.490 e. The van der Waals surface area contributed by atoms with E-state index in [-0.39, 0.29) is 5.92 Å². The molecule has 2 aliphatic carbocycles. The number of halogens is 2. The SMILES string of the molecule is C=CCOc1ccc2cc(C3CCC(C4CCC(CCCCC)CC4)CC3)c(F)c(F)c2c1. The molecule has 3 heteroatoms. The molecule has 33 heavy (non-hydrogen) atoms. The van der Waals surface area contributed by atoms with Gasteiger partial charge in [-0.25, -0.2) is 8.78 Å². The Hall–Kier alpha value is -1.90. The van der Waals surface area contributed by atoms with E-state index in [1.807, 2.05) is 18.2 Å². The maximum absolute atomic E-state index is 15.1. The van der Waals surface area contributed by atoms with Crippen molar-refractivity contribution in [1.82, 2.24) is 0 Å². The van der Waals surface area contributed by atoms with Crippen LogP contribution < -0.4 is 4.74 Å². The highest BCUT2D eigenvalue weighted by molar-refractivity contribution is 5.85. The highest BCUT2D eigenvalue weighted by atomic mass is 19.2. The molecular weight excluding hydrogens is 414 g/mol. The molecule has 180 valence electrons. The van der Waals surface area contributed by atoms with E-state index < -0.39 is 11.6 Å². The fourth-order valence-corrected chi connectivity index (χ4v) is 6.40. The minimum Gasteiger partial charge on any atom is -0.490 e. The first kappa shape index (κ1) is 24.2. The highest BCUT2D eigenvalue weighted by Gasteiger charge is 2.32. The predicted octanol–water partition coefficient (Wildman–Crippen LogP) is 9.34. The van der Waals surface area contributed by atoms with Crippen molar-refractivity contribution in [2.75, 3.05) is 6.61 Å². The molecule has 0 amide bonds. The zero-order chi connectivity index (χ0) is 23.2. The summed E-state index contributed by atoms with van der Waals surface area (Å²) in [5, 5.41) is 1.04. The third-order valence-electron chi connectivity index (χ3n) is 8.37. The van der Waals surface area contributed by atoms with Crippen molar-refractivity contribution in [1.29, 1.82) is 0 Å². The van der Waals surface area contributed by atoms with Gasteiger partial charge in [0.1, 0.15) is 12.4 Å². The van der Waals surface area contributed by atoms with Gasteiger partial charge in [0, 0.05) is 5.39 Å². The zero-order valence-electron chi connectivity index (χ0n) is 20.3. The van der Waals surface area contributed by atoms with Crippen molar-refractivity contribution in [2.24, 2.45) is 17.8 Å². The molecular formula is C30H40F2O. The first-order chi connectivity index (χ1) is 16.1. The summed E-state index contributed by atoms with van der Waals surface area (Å²) in [5.41, 5.74) is 0.567. The Morgan fingerprint density at radius 1 is 0.909 bits per heavy atom. The molecule has 0 spiro atoms. The van der Waals surface area contributed by atoms with Crippen LogP contribution in [-0.2, 0) is 0 Å².